The van der Waals surface area contributed by atoms with Crippen LogP contribution >= 0.6 is 0 Å². The number of hydrogen-bond donors (Lipinski definition) is 2. The summed E-state index contributed by atoms with van der Waals surface area (Å²) >= 11 is 0. The monoisotopic (exact) mass is 345 g/mol. The molecule has 130 valence electrons. The molecule has 0 aliphatic rings. The first-order valence-corrected chi connectivity index (χ1v) is 8.86. The highest BCUT2D eigenvalue weighted by molar-refractivity contribution is 7.89. The molecule has 2 N–H and O–H groups in total. The third-order valence-electron chi connectivity index (χ3n) is 2.94. The van der Waals surface area contributed by atoms with Crippen LogP contribution in [-0.2, 0) is 10.0 Å². The van der Waals surface area contributed by atoms with Crippen LogP contribution in [0.2, 0.25) is 0 Å². The summed E-state index contributed by atoms with van der Waals surface area (Å²) in [4.78, 5) is 13.5. The number of nitrogens with one attached hydrogen (secondary N) is 2. The molecule has 0 spiro atoms. The smallest absolute Gasteiger partial charge is 0.251 e. The van der Waals surface area contributed by atoms with E-state index in [9.17, 15) is 17.6 Å². The Bertz CT molecular complexity index is 645. The van der Waals surface area contributed by atoms with Crippen molar-refractivity contribution in [3.8, 4) is 0 Å². The maximum Gasteiger partial charge on any atom is 0.251 e. The van der Waals surface area contributed by atoms with Gasteiger partial charge in [0.2, 0.25) is 10.0 Å². The quantitative estimate of drug-likeness (QED) is 0.694. The SMILES string of the molecule is CC(C)NS(=O)(=O)c1cc(C(=O)NCCCN(C)C)ccc1F. The summed E-state index contributed by atoms with van der Waals surface area (Å²) in [6.45, 7) is 4.55. The normalized spacial score (nSPS) is 12.0. The highest BCUT2D eigenvalue weighted by Gasteiger charge is 2.21. The molecule has 0 unspecified atom stereocenters. The predicted octanol–water partition coefficient (Wildman–Crippen LogP) is 1.19. The van der Waals surface area contributed by atoms with Crippen molar-refractivity contribution in [2.45, 2.75) is 31.2 Å². The summed E-state index contributed by atoms with van der Waals surface area (Å²) in [5, 5.41) is 2.69. The van der Waals surface area contributed by atoms with Crippen LogP contribution in [0.3, 0.4) is 0 Å². The largest absolute Gasteiger partial charge is 0.352 e. The van der Waals surface area contributed by atoms with E-state index < -0.39 is 26.6 Å². The van der Waals surface area contributed by atoms with Gasteiger partial charge < -0.3 is 10.2 Å². The van der Waals surface area contributed by atoms with E-state index >= 15 is 0 Å². The van der Waals surface area contributed by atoms with Crippen molar-refractivity contribution in [2.75, 3.05) is 27.2 Å². The minimum atomic E-state index is -3.99. The summed E-state index contributed by atoms with van der Waals surface area (Å²) < 4.78 is 40.3. The maximum absolute atomic E-state index is 13.8. The van der Waals surface area contributed by atoms with E-state index in [2.05, 4.69) is 10.0 Å². The number of rotatable bonds is 8. The highest BCUT2D eigenvalue weighted by Crippen LogP contribution is 2.17. The number of carbonyl (C=O) groups excluding carboxylic acids is 1. The second kappa shape index (κ2) is 8.37. The minimum Gasteiger partial charge on any atom is -0.352 e. The molecule has 0 radical (unpaired) electrons. The molecule has 1 aromatic rings. The predicted molar refractivity (Wildman–Crippen MR) is 87.4 cm³/mol. The lowest BCUT2D eigenvalue weighted by atomic mass is 10.2. The van der Waals surface area contributed by atoms with Gasteiger partial charge in [-0.3, -0.25) is 4.79 Å². The van der Waals surface area contributed by atoms with Crippen molar-refractivity contribution in [2.24, 2.45) is 0 Å². The van der Waals surface area contributed by atoms with Gasteiger partial charge in [0.1, 0.15) is 10.7 Å². The van der Waals surface area contributed by atoms with E-state index in [-0.39, 0.29) is 11.6 Å². The molecule has 0 bridgehead atoms. The Morgan fingerprint density at radius 2 is 1.96 bits per heavy atom. The lowest BCUT2D eigenvalue weighted by Gasteiger charge is -2.12. The molecule has 0 aliphatic heterocycles. The zero-order valence-corrected chi connectivity index (χ0v) is 14.7. The maximum atomic E-state index is 13.8. The lowest BCUT2D eigenvalue weighted by Crippen LogP contribution is -2.31. The fourth-order valence-electron chi connectivity index (χ4n) is 1.92. The van der Waals surface area contributed by atoms with E-state index in [1.807, 2.05) is 19.0 Å². The van der Waals surface area contributed by atoms with Crippen LogP contribution in [0.25, 0.3) is 0 Å². The molecule has 0 saturated heterocycles. The van der Waals surface area contributed by atoms with Crippen molar-refractivity contribution in [1.29, 1.82) is 0 Å². The molecule has 0 fully saturated rings. The van der Waals surface area contributed by atoms with Gasteiger partial charge in [-0.2, -0.15) is 0 Å². The molecule has 1 aromatic carbocycles. The zero-order valence-electron chi connectivity index (χ0n) is 13.9. The Labute approximate surface area is 137 Å². The number of halogens is 1. The number of carbonyl (C=O) groups is 1. The van der Waals surface area contributed by atoms with Crippen LogP contribution < -0.4 is 10.0 Å². The summed E-state index contributed by atoms with van der Waals surface area (Å²) in [5.41, 5.74) is 0.111. The Hall–Kier alpha value is -1.51. The Morgan fingerprint density at radius 1 is 1.30 bits per heavy atom. The van der Waals surface area contributed by atoms with Gasteiger partial charge >= 0.3 is 0 Å². The number of nitrogens with zero attached hydrogens (tertiary/aromatic N) is 1. The number of amides is 1. The van der Waals surface area contributed by atoms with Crippen LogP contribution in [0.5, 0.6) is 0 Å². The topological polar surface area (TPSA) is 78.5 Å². The standard InChI is InChI=1S/C15H24FN3O3S/c1-11(2)18-23(21,22)14-10-12(6-7-13(14)16)15(20)17-8-5-9-19(3)4/h6-7,10-11,18H,5,8-9H2,1-4H3,(H,17,20). The third kappa shape index (κ3) is 6.25. The van der Waals surface area contributed by atoms with E-state index in [0.717, 1.165) is 25.1 Å². The Morgan fingerprint density at radius 3 is 2.52 bits per heavy atom. The summed E-state index contributed by atoms with van der Waals surface area (Å²) in [5.74, 6) is -1.31. The van der Waals surface area contributed by atoms with Gasteiger partial charge in [-0.05, 0) is 59.1 Å². The third-order valence-corrected chi connectivity index (χ3v) is 4.62. The first kappa shape index (κ1) is 19.5. The van der Waals surface area contributed by atoms with Crippen molar-refractivity contribution < 1.29 is 17.6 Å². The van der Waals surface area contributed by atoms with Gasteiger partial charge in [0, 0.05) is 18.2 Å². The highest BCUT2D eigenvalue weighted by atomic mass is 32.2. The van der Waals surface area contributed by atoms with E-state index in [4.69, 9.17) is 0 Å². The van der Waals surface area contributed by atoms with Gasteiger partial charge in [0.15, 0.2) is 0 Å². The fourth-order valence-corrected chi connectivity index (χ4v) is 3.28. The molecule has 6 nitrogen and oxygen atoms in total. The van der Waals surface area contributed by atoms with Crippen LogP contribution in [0.4, 0.5) is 4.39 Å². The average molecular weight is 345 g/mol. The molecule has 8 heteroatoms. The van der Waals surface area contributed by atoms with Crippen molar-refractivity contribution >= 4 is 15.9 Å². The van der Waals surface area contributed by atoms with Gasteiger partial charge in [0.25, 0.3) is 5.91 Å². The van der Waals surface area contributed by atoms with Crippen LogP contribution in [0.15, 0.2) is 23.1 Å². The molecule has 0 aliphatic carbocycles. The molecule has 0 atom stereocenters. The molecule has 0 aromatic heterocycles. The van der Waals surface area contributed by atoms with E-state index in [0.29, 0.717) is 6.54 Å². The van der Waals surface area contributed by atoms with Crippen molar-refractivity contribution in [1.82, 2.24) is 14.9 Å². The number of hydrogen-bond acceptors (Lipinski definition) is 4. The van der Waals surface area contributed by atoms with Gasteiger partial charge in [-0.25, -0.2) is 17.5 Å². The second-order valence-corrected chi connectivity index (χ2v) is 7.52. The van der Waals surface area contributed by atoms with Gasteiger partial charge in [-0.15, -0.1) is 0 Å². The zero-order chi connectivity index (χ0) is 17.6. The van der Waals surface area contributed by atoms with Crippen LogP contribution in [-0.4, -0.2) is 52.5 Å². The van der Waals surface area contributed by atoms with E-state index in [1.54, 1.807) is 13.8 Å². The Balaban J connectivity index is 2.86. The summed E-state index contributed by atoms with van der Waals surface area (Å²) in [6, 6.07) is 2.94. The van der Waals surface area contributed by atoms with Gasteiger partial charge in [0.05, 0.1) is 0 Å². The second-order valence-electron chi connectivity index (χ2n) is 5.83. The number of sulfonamides is 1. The van der Waals surface area contributed by atoms with Gasteiger partial charge in [-0.1, -0.05) is 0 Å². The van der Waals surface area contributed by atoms with Crippen molar-refractivity contribution in [3.05, 3.63) is 29.6 Å². The molecular formula is C15H24FN3O3S. The van der Waals surface area contributed by atoms with Crippen LogP contribution in [0, 0.1) is 5.82 Å². The first-order valence-electron chi connectivity index (χ1n) is 7.38. The fraction of sp³-hybridized carbons (Fsp3) is 0.533. The minimum absolute atomic E-state index is 0.111. The molecule has 0 saturated carbocycles. The molecular weight excluding hydrogens is 321 g/mol. The number of benzene rings is 1. The van der Waals surface area contributed by atoms with Crippen molar-refractivity contribution in [3.63, 3.8) is 0 Å². The Kier molecular flexibility index (Phi) is 7.11. The van der Waals surface area contributed by atoms with Crippen LogP contribution in [0.1, 0.15) is 30.6 Å². The molecule has 0 heterocycles. The molecule has 1 rings (SSSR count). The summed E-state index contributed by atoms with van der Waals surface area (Å²) in [6.07, 6.45) is 0.764. The first-order chi connectivity index (χ1) is 10.6. The lowest BCUT2D eigenvalue weighted by molar-refractivity contribution is 0.0952. The molecule has 1 amide bonds. The summed E-state index contributed by atoms with van der Waals surface area (Å²) in [7, 11) is -0.132. The van der Waals surface area contributed by atoms with E-state index in [1.165, 1.54) is 6.07 Å². The average Bonchev–Trinajstić information content (AvgIpc) is 2.42. The molecule has 23 heavy (non-hydrogen) atoms.